The number of carbonyl (C=O) groups is 1. The molecule has 5 nitrogen and oxygen atoms in total. The molecule has 12 atom stereocenters. The van der Waals surface area contributed by atoms with E-state index in [0.717, 1.165) is 44.9 Å². The highest BCUT2D eigenvalue weighted by Gasteiger charge is 2.70. The van der Waals surface area contributed by atoms with Gasteiger partial charge in [-0.15, -0.1) is 0 Å². The maximum Gasteiger partial charge on any atom is 0.310 e. The van der Waals surface area contributed by atoms with E-state index in [-0.39, 0.29) is 34.7 Å². The molecule has 0 bridgehead atoms. The molecule has 0 saturated heterocycles. The van der Waals surface area contributed by atoms with Crippen molar-refractivity contribution in [1.29, 1.82) is 0 Å². The van der Waals surface area contributed by atoms with Crippen LogP contribution < -0.4 is 0 Å². The van der Waals surface area contributed by atoms with Crippen LogP contribution in [0.5, 0.6) is 0 Å². The van der Waals surface area contributed by atoms with Crippen LogP contribution in [0.4, 0.5) is 0 Å². The number of carboxylic acid groups (broad SMARTS) is 1. The fraction of sp³-hybridized carbons (Fsp3) is 0.900. The van der Waals surface area contributed by atoms with Crippen LogP contribution in [0, 0.1) is 56.7 Å². The van der Waals surface area contributed by atoms with E-state index in [1.54, 1.807) is 0 Å². The Kier molecular flexibility index (Phi) is 5.73. The van der Waals surface area contributed by atoms with Crippen LogP contribution in [0.1, 0.15) is 92.9 Å². The van der Waals surface area contributed by atoms with Gasteiger partial charge in [-0.1, -0.05) is 53.2 Å². The third-order valence-electron chi connectivity index (χ3n) is 13.5. The predicted molar refractivity (Wildman–Crippen MR) is 135 cm³/mol. The van der Waals surface area contributed by atoms with Gasteiger partial charge in [0.25, 0.3) is 0 Å². The lowest BCUT2D eigenvalue weighted by atomic mass is 9.33. The first-order valence-electron chi connectivity index (χ1n) is 14.1. The highest BCUT2D eigenvalue weighted by molar-refractivity contribution is 5.76. The maximum absolute atomic E-state index is 12.8. The van der Waals surface area contributed by atoms with Gasteiger partial charge in [-0.25, -0.2) is 0 Å². The molecule has 35 heavy (non-hydrogen) atoms. The number of fused-ring (bicyclic) bond motifs is 7. The second-order valence-corrected chi connectivity index (χ2v) is 14.5. The second kappa shape index (κ2) is 7.80. The average Bonchev–Trinajstić information content (AvgIpc) is 2.80. The molecule has 4 N–H and O–H groups in total. The third-order valence-corrected chi connectivity index (χ3v) is 13.5. The highest BCUT2D eigenvalue weighted by atomic mass is 16.4. The van der Waals surface area contributed by atoms with E-state index < -0.39 is 29.0 Å². The third kappa shape index (κ3) is 2.95. The van der Waals surface area contributed by atoms with Crippen LogP contribution in [0.25, 0.3) is 0 Å². The molecule has 0 amide bonds. The molecular formula is C30H48O5. The molecular weight excluding hydrogens is 440 g/mol. The molecule has 5 rings (SSSR count). The number of carboxylic acids is 1. The number of aliphatic carboxylic acids is 1. The van der Waals surface area contributed by atoms with Gasteiger partial charge in [0.15, 0.2) is 0 Å². The predicted octanol–water partition coefficient (Wildman–Crippen LogP) is 5.03. The summed E-state index contributed by atoms with van der Waals surface area (Å²) in [6, 6.07) is 0. The van der Waals surface area contributed by atoms with Crippen LogP contribution in [0.2, 0.25) is 0 Å². The summed E-state index contributed by atoms with van der Waals surface area (Å²) >= 11 is 0. The molecule has 5 aliphatic carbocycles. The Bertz CT molecular complexity index is 930. The van der Waals surface area contributed by atoms with Crippen molar-refractivity contribution in [1.82, 2.24) is 0 Å². The fourth-order valence-corrected chi connectivity index (χ4v) is 11.0. The monoisotopic (exact) mass is 488 g/mol. The van der Waals surface area contributed by atoms with Gasteiger partial charge in [-0.3, -0.25) is 4.79 Å². The summed E-state index contributed by atoms with van der Waals surface area (Å²) in [5.74, 6) is 0.828. The van der Waals surface area contributed by atoms with Gasteiger partial charge in [-0.05, 0) is 97.2 Å². The lowest BCUT2D eigenvalue weighted by Gasteiger charge is -2.71. The molecule has 0 aromatic heterocycles. The van der Waals surface area contributed by atoms with Crippen LogP contribution >= 0.6 is 0 Å². The molecule has 5 aliphatic rings. The first-order chi connectivity index (χ1) is 16.2. The van der Waals surface area contributed by atoms with Gasteiger partial charge in [0.2, 0.25) is 0 Å². The van der Waals surface area contributed by atoms with Gasteiger partial charge in [-0.2, -0.15) is 0 Å². The summed E-state index contributed by atoms with van der Waals surface area (Å²) in [6.45, 7) is 13.6. The van der Waals surface area contributed by atoms with Crippen molar-refractivity contribution in [3.8, 4) is 0 Å². The Morgan fingerprint density at radius 3 is 2.31 bits per heavy atom. The Morgan fingerprint density at radius 2 is 1.69 bits per heavy atom. The van der Waals surface area contributed by atoms with Crippen LogP contribution in [-0.2, 0) is 4.79 Å². The van der Waals surface area contributed by atoms with E-state index in [9.17, 15) is 25.2 Å². The lowest BCUT2D eigenvalue weighted by Crippen LogP contribution is -2.68. The summed E-state index contributed by atoms with van der Waals surface area (Å²) in [5, 5.41) is 42.9. The smallest absolute Gasteiger partial charge is 0.310 e. The molecule has 0 heterocycles. The highest BCUT2D eigenvalue weighted by Crippen LogP contribution is 2.75. The first kappa shape index (κ1) is 25.7. The zero-order valence-electron chi connectivity index (χ0n) is 22.7. The number of rotatable bonds is 2. The van der Waals surface area contributed by atoms with Gasteiger partial charge >= 0.3 is 5.97 Å². The first-order valence-corrected chi connectivity index (χ1v) is 14.1. The van der Waals surface area contributed by atoms with Crippen LogP contribution in [0.3, 0.4) is 0 Å². The molecule has 0 radical (unpaired) electrons. The van der Waals surface area contributed by atoms with E-state index in [4.69, 9.17) is 0 Å². The summed E-state index contributed by atoms with van der Waals surface area (Å²) in [7, 11) is 0. The van der Waals surface area contributed by atoms with Crippen molar-refractivity contribution < 1.29 is 25.2 Å². The van der Waals surface area contributed by atoms with E-state index >= 15 is 0 Å². The van der Waals surface area contributed by atoms with Crippen LogP contribution in [-0.4, -0.2) is 45.2 Å². The molecule has 3 unspecified atom stereocenters. The Balaban J connectivity index is 1.62. The van der Waals surface area contributed by atoms with Crippen LogP contribution in [0.15, 0.2) is 11.6 Å². The largest absolute Gasteiger partial charge is 0.481 e. The number of aliphatic hydroxyl groups excluding tert-OH is 3. The van der Waals surface area contributed by atoms with Crippen molar-refractivity contribution in [3.05, 3.63) is 11.6 Å². The fourth-order valence-electron chi connectivity index (χ4n) is 11.0. The summed E-state index contributed by atoms with van der Waals surface area (Å²) in [6.07, 6.45) is 7.51. The molecule has 0 aromatic carbocycles. The molecule has 0 spiro atoms. The normalized spacial score (nSPS) is 57.7. The summed E-state index contributed by atoms with van der Waals surface area (Å²) < 4.78 is 0. The van der Waals surface area contributed by atoms with Gasteiger partial charge in [0.1, 0.15) is 0 Å². The van der Waals surface area contributed by atoms with Crippen molar-refractivity contribution in [3.63, 3.8) is 0 Å². The lowest BCUT2D eigenvalue weighted by molar-refractivity contribution is -0.244. The molecule has 4 saturated carbocycles. The SMILES string of the molecule is C[C@@H]1CC[C@]2(C(=O)O)CC[C@]3(C)C(=CCC4[C@@]5(C)C[C@@H](O)[C@@H](O)[C@](C)(CO)C5CC[C@]43C)C2[C@H]1C. The average molecular weight is 489 g/mol. The zero-order valence-corrected chi connectivity index (χ0v) is 22.7. The minimum atomic E-state index is -0.907. The van der Waals surface area contributed by atoms with Crippen molar-refractivity contribution in [2.24, 2.45) is 56.7 Å². The minimum Gasteiger partial charge on any atom is -0.481 e. The van der Waals surface area contributed by atoms with E-state index in [1.807, 2.05) is 6.92 Å². The van der Waals surface area contributed by atoms with E-state index in [1.165, 1.54) is 5.57 Å². The molecule has 198 valence electrons. The van der Waals surface area contributed by atoms with Crippen molar-refractivity contribution >= 4 is 5.97 Å². The molecule has 0 aliphatic heterocycles. The molecule has 5 heteroatoms. The Labute approximate surface area is 211 Å². The van der Waals surface area contributed by atoms with Gasteiger partial charge < -0.3 is 20.4 Å². The Morgan fingerprint density at radius 1 is 1.00 bits per heavy atom. The minimum absolute atomic E-state index is 0.00815. The standard InChI is InChI=1S/C30H48O5/c1-17-9-12-30(25(34)35)14-13-28(5)19(23(30)18(17)2)7-8-22-26(3)15-20(32)24(33)27(4,16-31)21(26)10-11-29(22,28)6/h7,17-18,20-24,31-33H,8-16H2,1-6H3,(H,34,35)/t17-,18+,20-,21?,22?,23?,24-,26+,27-,28-,29-,30+/m1/s1. The molecule has 4 fully saturated rings. The topological polar surface area (TPSA) is 98.0 Å². The van der Waals surface area contributed by atoms with Crippen molar-refractivity contribution in [2.45, 2.75) is 105 Å². The zero-order chi connectivity index (χ0) is 25.8. The number of hydrogen-bond acceptors (Lipinski definition) is 4. The van der Waals surface area contributed by atoms with Gasteiger partial charge in [0.05, 0.1) is 24.2 Å². The Hall–Kier alpha value is -0.910. The molecule has 0 aromatic rings. The number of hydrogen-bond donors (Lipinski definition) is 4. The second-order valence-electron chi connectivity index (χ2n) is 14.5. The number of allylic oxidation sites excluding steroid dienone is 2. The summed E-state index contributed by atoms with van der Waals surface area (Å²) in [4.78, 5) is 12.8. The van der Waals surface area contributed by atoms with Crippen molar-refractivity contribution in [2.75, 3.05) is 6.61 Å². The van der Waals surface area contributed by atoms with Gasteiger partial charge in [0, 0.05) is 5.41 Å². The van der Waals surface area contributed by atoms with E-state index in [2.05, 4.69) is 40.7 Å². The quantitative estimate of drug-likeness (QED) is 0.409. The van der Waals surface area contributed by atoms with E-state index in [0.29, 0.717) is 24.2 Å². The maximum atomic E-state index is 12.8. The number of aliphatic hydroxyl groups is 3. The summed E-state index contributed by atoms with van der Waals surface area (Å²) in [5.41, 5.74) is -0.214.